The molecule has 1 heterocycles. The summed E-state index contributed by atoms with van der Waals surface area (Å²) in [4.78, 5) is 6.10. The van der Waals surface area contributed by atoms with E-state index in [-0.39, 0.29) is 0 Å². The van der Waals surface area contributed by atoms with Gasteiger partial charge in [0.15, 0.2) is 0 Å². The van der Waals surface area contributed by atoms with Crippen LogP contribution in [0.15, 0.2) is 0 Å². The molecule has 1 saturated carbocycles. The molecule has 1 N–H and O–H groups in total. The highest BCUT2D eigenvalue weighted by Crippen LogP contribution is 2.23. The number of ether oxygens (including phenoxy) is 1. The molecule has 4 heteroatoms. The number of hydrogen-bond acceptors (Lipinski definition) is 4. The molecular formula is C15H26N2OS. The summed E-state index contributed by atoms with van der Waals surface area (Å²) in [6.07, 6.45) is 6.49. The minimum Gasteiger partial charge on any atom is -0.378 e. The summed E-state index contributed by atoms with van der Waals surface area (Å²) in [6, 6.07) is 0.714. The van der Waals surface area contributed by atoms with Gasteiger partial charge in [-0.25, -0.2) is 4.98 Å². The fraction of sp³-hybridized carbons (Fsp3) is 0.800. The van der Waals surface area contributed by atoms with Gasteiger partial charge in [-0.05, 0) is 18.8 Å². The minimum atomic E-state index is 0.635. The van der Waals surface area contributed by atoms with Crippen LogP contribution in [0.3, 0.4) is 0 Å². The Kier molecular flexibility index (Phi) is 5.79. The fourth-order valence-electron chi connectivity index (χ4n) is 2.63. The van der Waals surface area contributed by atoms with Gasteiger partial charge in [0.05, 0.1) is 17.3 Å². The van der Waals surface area contributed by atoms with Gasteiger partial charge in [-0.1, -0.05) is 26.7 Å². The van der Waals surface area contributed by atoms with E-state index >= 15 is 0 Å². The molecule has 0 spiro atoms. The SMILES string of the molecule is COCc1nc(CC(C)C)sc1CNC1CCCC1. The van der Waals surface area contributed by atoms with Gasteiger partial charge in [-0.15, -0.1) is 11.3 Å². The molecule has 1 fully saturated rings. The highest BCUT2D eigenvalue weighted by Gasteiger charge is 2.17. The largest absolute Gasteiger partial charge is 0.378 e. The van der Waals surface area contributed by atoms with Crippen LogP contribution in [-0.4, -0.2) is 18.1 Å². The number of hydrogen-bond donors (Lipinski definition) is 1. The zero-order valence-electron chi connectivity index (χ0n) is 12.4. The smallest absolute Gasteiger partial charge is 0.0935 e. The van der Waals surface area contributed by atoms with E-state index in [4.69, 9.17) is 9.72 Å². The molecule has 0 atom stereocenters. The van der Waals surface area contributed by atoms with Gasteiger partial charge in [-0.2, -0.15) is 0 Å². The molecule has 3 nitrogen and oxygen atoms in total. The van der Waals surface area contributed by atoms with Crippen LogP contribution >= 0.6 is 11.3 Å². The molecule has 108 valence electrons. The molecule has 19 heavy (non-hydrogen) atoms. The second kappa shape index (κ2) is 7.36. The van der Waals surface area contributed by atoms with Crippen molar-refractivity contribution < 1.29 is 4.74 Å². The second-order valence-electron chi connectivity index (χ2n) is 5.87. The van der Waals surface area contributed by atoms with E-state index in [0.717, 1.165) is 18.7 Å². The minimum absolute atomic E-state index is 0.635. The van der Waals surface area contributed by atoms with Crippen molar-refractivity contribution in [2.24, 2.45) is 5.92 Å². The lowest BCUT2D eigenvalue weighted by atomic mass is 10.1. The maximum absolute atomic E-state index is 5.28. The molecule has 0 aliphatic heterocycles. The lowest BCUT2D eigenvalue weighted by molar-refractivity contribution is 0.181. The van der Waals surface area contributed by atoms with Crippen molar-refractivity contribution in [2.75, 3.05) is 7.11 Å². The van der Waals surface area contributed by atoms with Gasteiger partial charge in [-0.3, -0.25) is 0 Å². The van der Waals surface area contributed by atoms with Crippen molar-refractivity contribution in [3.05, 3.63) is 15.6 Å². The van der Waals surface area contributed by atoms with E-state index in [1.165, 1.54) is 35.6 Å². The van der Waals surface area contributed by atoms with Crippen LogP contribution in [0.2, 0.25) is 0 Å². The molecule has 1 aromatic heterocycles. The quantitative estimate of drug-likeness (QED) is 0.831. The second-order valence-corrected chi connectivity index (χ2v) is 7.04. The monoisotopic (exact) mass is 282 g/mol. The molecule has 0 amide bonds. The molecule has 1 aromatic rings. The van der Waals surface area contributed by atoms with E-state index in [0.29, 0.717) is 18.6 Å². The normalized spacial score (nSPS) is 16.6. The Morgan fingerprint density at radius 2 is 2.11 bits per heavy atom. The molecule has 0 unspecified atom stereocenters. The molecule has 2 rings (SSSR count). The van der Waals surface area contributed by atoms with Gasteiger partial charge in [0.25, 0.3) is 0 Å². The number of nitrogens with one attached hydrogen (secondary N) is 1. The number of aromatic nitrogens is 1. The van der Waals surface area contributed by atoms with Crippen molar-refractivity contribution in [1.29, 1.82) is 0 Å². The van der Waals surface area contributed by atoms with E-state index in [9.17, 15) is 0 Å². The van der Waals surface area contributed by atoms with Crippen LogP contribution in [-0.2, 0) is 24.3 Å². The lowest BCUT2D eigenvalue weighted by Crippen LogP contribution is -2.25. The summed E-state index contributed by atoms with van der Waals surface area (Å²) in [7, 11) is 1.75. The predicted molar refractivity (Wildman–Crippen MR) is 80.5 cm³/mol. The third-order valence-corrected chi connectivity index (χ3v) is 4.71. The fourth-order valence-corrected chi connectivity index (χ4v) is 3.86. The molecule has 0 saturated heterocycles. The Balaban J connectivity index is 1.97. The maximum Gasteiger partial charge on any atom is 0.0935 e. The molecule has 0 radical (unpaired) electrons. The van der Waals surface area contributed by atoms with Crippen LogP contribution in [0.25, 0.3) is 0 Å². The van der Waals surface area contributed by atoms with E-state index in [2.05, 4.69) is 19.2 Å². The highest BCUT2D eigenvalue weighted by atomic mass is 32.1. The van der Waals surface area contributed by atoms with Crippen molar-refractivity contribution in [1.82, 2.24) is 10.3 Å². The Labute approximate surface area is 120 Å². The van der Waals surface area contributed by atoms with Crippen LogP contribution in [0.5, 0.6) is 0 Å². The Morgan fingerprint density at radius 1 is 1.37 bits per heavy atom. The molecular weight excluding hydrogens is 256 g/mol. The van der Waals surface area contributed by atoms with Crippen molar-refractivity contribution in [3.63, 3.8) is 0 Å². The first kappa shape index (κ1) is 14.9. The maximum atomic E-state index is 5.28. The van der Waals surface area contributed by atoms with Crippen molar-refractivity contribution in [2.45, 2.75) is 65.1 Å². The summed E-state index contributed by atoms with van der Waals surface area (Å²) < 4.78 is 5.28. The van der Waals surface area contributed by atoms with E-state index < -0.39 is 0 Å². The molecule has 1 aliphatic rings. The summed E-state index contributed by atoms with van der Waals surface area (Å²) in [5, 5.41) is 4.93. The summed E-state index contributed by atoms with van der Waals surface area (Å²) in [6.45, 7) is 6.08. The topological polar surface area (TPSA) is 34.1 Å². The Morgan fingerprint density at radius 3 is 2.74 bits per heavy atom. The number of thiazole rings is 1. The standard InChI is InChI=1S/C15H26N2OS/c1-11(2)8-15-17-13(10-18-3)14(19-15)9-16-12-6-4-5-7-12/h11-12,16H,4-10H2,1-3H3. The molecule has 0 aromatic carbocycles. The lowest BCUT2D eigenvalue weighted by Gasteiger charge is -2.11. The van der Waals surface area contributed by atoms with Crippen molar-refractivity contribution in [3.8, 4) is 0 Å². The summed E-state index contributed by atoms with van der Waals surface area (Å²) in [5.41, 5.74) is 1.13. The van der Waals surface area contributed by atoms with Gasteiger partial charge >= 0.3 is 0 Å². The first-order valence-corrected chi connectivity index (χ1v) is 8.20. The van der Waals surface area contributed by atoms with Gasteiger partial charge < -0.3 is 10.1 Å². The first-order chi connectivity index (χ1) is 9.19. The highest BCUT2D eigenvalue weighted by molar-refractivity contribution is 7.11. The van der Waals surface area contributed by atoms with E-state index in [1.807, 2.05) is 11.3 Å². The third kappa shape index (κ3) is 4.55. The number of nitrogens with zero attached hydrogens (tertiary/aromatic N) is 1. The molecule has 1 aliphatic carbocycles. The third-order valence-electron chi connectivity index (χ3n) is 3.59. The zero-order valence-corrected chi connectivity index (χ0v) is 13.2. The Hall–Kier alpha value is -0.450. The number of rotatable bonds is 7. The summed E-state index contributed by atoms with van der Waals surface area (Å²) in [5.74, 6) is 0.664. The molecule has 0 bridgehead atoms. The van der Waals surface area contributed by atoms with Gasteiger partial charge in [0.2, 0.25) is 0 Å². The zero-order chi connectivity index (χ0) is 13.7. The first-order valence-electron chi connectivity index (χ1n) is 7.38. The average molecular weight is 282 g/mol. The van der Waals surface area contributed by atoms with Crippen LogP contribution < -0.4 is 5.32 Å². The Bertz CT molecular complexity index is 383. The predicted octanol–water partition coefficient (Wildman–Crippen LogP) is 3.52. The van der Waals surface area contributed by atoms with Crippen LogP contribution in [0, 0.1) is 5.92 Å². The van der Waals surface area contributed by atoms with Gasteiger partial charge in [0, 0.05) is 31.0 Å². The average Bonchev–Trinajstić information content (AvgIpc) is 2.96. The van der Waals surface area contributed by atoms with Crippen LogP contribution in [0.1, 0.15) is 55.1 Å². The van der Waals surface area contributed by atoms with Gasteiger partial charge in [0.1, 0.15) is 0 Å². The van der Waals surface area contributed by atoms with E-state index in [1.54, 1.807) is 7.11 Å². The van der Waals surface area contributed by atoms with Crippen LogP contribution in [0.4, 0.5) is 0 Å². The van der Waals surface area contributed by atoms with Crippen molar-refractivity contribution >= 4 is 11.3 Å². The summed E-state index contributed by atoms with van der Waals surface area (Å²) >= 11 is 1.86. The number of methoxy groups -OCH3 is 1.